The lowest BCUT2D eigenvalue weighted by atomic mass is 10.2. The average Bonchev–Trinajstić information content (AvgIpc) is 2.84. The molecular weight excluding hydrogens is 475 g/mol. The summed E-state index contributed by atoms with van der Waals surface area (Å²) in [5.41, 5.74) is 4.07. The van der Waals surface area contributed by atoms with Crippen molar-refractivity contribution in [1.29, 1.82) is 0 Å². The highest BCUT2D eigenvalue weighted by Gasteiger charge is 2.13. The van der Waals surface area contributed by atoms with Crippen LogP contribution in [0.4, 0.5) is 4.39 Å². The van der Waals surface area contributed by atoms with Crippen molar-refractivity contribution in [3.8, 4) is 23.0 Å². The van der Waals surface area contributed by atoms with Crippen molar-refractivity contribution in [1.82, 2.24) is 5.43 Å². The molecule has 0 fully saturated rings. The van der Waals surface area contributed by atoms with Crippen molar-refractivity contribution in [2.75, 3.05) is 20.3 Å². The lowest BCUT2D eigenvalue weighted by molar-refractivity contribution is 0.0954. The molecule has 0 aliphatic carbocycles. The van der Waals surface area contributed by atoms with E-state index in [9.17, 15) is 9.18 Å². The van der Waals surface area contributed by atoms with E-state index in [1.165, 1.54) is 25.5 Å². The molecule has 0 radical (unpaired) electrons. The van der Waals surface area contributed by atoms with Gasteiger partial charge in [0.2, 0.25) is 0 Å². The molecule has 7 nitrogen and oxygen atoms in total. The molecule has 0 saturated heterocycles. The predicted molar refractivity (Wildman–Crippen MR) is 133 cm³/mol. The number of methoxy groups -OCH3 is 1. The maximum atomic E-state index is 13.4. The molecule has 184 valence electrons. The number of nitrogens with zero attached hydrogens (tertiary/aromatic N) is 1. The van der Waals surface area contributed by atoms with Crippen LogP contribution >= 0.6 is 11.6 Å². The summed E-state index contributed by atoms with van der Waals surface area (Å²) >= 11 is 6.38. The van der Waals surface area contributed by atoms with E-state index in [0.717, 1.165) is 0 Å². The van der Waals surface area contributed by atoms with E-state index >= 15 is 0 Å². The molecule has 0 bridgehead atoms. The third-order valence-electron chi connectivity index (χ3n) is 4.71. The molecule has 1 N–H and O–H groups in total. The quantitative estimate of drug-likeness (QED) is 0.273. The SMILES string of the molecule is CCOc1ccc(C(=O)N/N=C/c2cc(Cl)c(OCc3cccc(F)c3)c(OC)c2)cc1OCC. The molecular formula is C26H26ClFN2O5. The fourth-order valence-electron chi connectivity index (χ4n) is 3.16. The largest absolute Gasteiger partial charge is 0.493 e. The van der Waals surface area contributed by atoms with Gasteiger partial charge in [0, 0.05) is 5.56 Å². The molecule has 3 aromatic carbocycles. The second-order valence-electron chi connectivity index (χ2n) is 7.18. The molecule has 9 heteroatoms. The van der Waals surface area contributed by atoms with E-state index in [2.05, 4.69) is 10.5 Å². The Morgan fingerprint density at radius 3 is 2.49 bits per heavy atom. The normalized spacial score (nSPS) is 10.8. The van der Waals surface area contributed by atoms with E-state index in [1.807, 2.05) is 13.8 Å². The summed E-state index contributed by atoms with van der Waals surface area (Å²) in [6, 6.07) is 14.3. The number of halogens is 2. The standard InChI is InChI=1S/C26H26ClFN2O5/c1-4-33-22-10-9-19(14-23(22)34-5-2)26(31)30-29-15-18-12-21(27)25(24(13-18)32-3)35-16-17-7-6-8-20(28)11-17/h6-15H,4-5,16H2,1-3H3,(H,30,31)/b29-15+. The maximum Gasteiger partial charge on any atom is 0.271 e. The predicted octanol–water partition coefficient (Wildman–Crippen LogP) is 5.63. The van der Waals surface area contributed by atoms with Crippen molar-refractivity contribution in [2.45, 2.75) is 20.5 Å². The molecule has 35 heavy (non-hydrogen) atoms. The van der Waals surface area contributed by atoms with Crippen LogP contribution in [0.3, 0.4) is 0 Å². The number of hydrazone groups is 1. The summed E-state index contributed by atoms with van der Waals surface area (Å²) in [7, 11) is 1.48. The number of hydrogen-bond acceptors (Lipinski definition) is 6. The first-order valence-electron chi connectivity index (χ1n) is 10.9. The lowest BCUT2D eigenvalue weighted by Gasteiger charge is -2.13. The van der Waals surface area contributed by atoms with E-state index in [-0.39, 0.29) is 17.4 Å². The Bertz CT molecular complexity index is 1200. The van der Waals surface area contributed by atoms with Gasteiger partial charge < -0.3 is 18.9 Å². The third-order valence-corrected chi connectivity index (χ3v) is 4.99. The highest BCUT2D eigenvalue weighted by atomic mass is 35.5. The average molecular weight is 501 g/mol. The molecule has 0 saturated carbocycles. The molecule has 0 spiro atoms. The van der Waals surface area contributed by atoms with E-state index < -0.39 is 5.91 Å². The van der Waals surface area contributed by atoms with Crippen LogP contribution in [0.1, 0.15) is 35.3 Å². The third kappa shape index (κ3) is 7.10. The van der Waals surface area contributed by atoms with Crippen LogP contribution in [-0.2, 0) is 6.61 Å². The first-order chi connectivity index (χ1) is 16.9. The van der Waals surface area contributed by atoms with Gasteiger partial charge in [0.25, 0.3) is 5.91 Å². The second-order valence-corrected chi connectivity index (χ2v) is 7.59. The molecule has 3 aromatic rings. The molecule has 0 aliphatic heterocycles. The number of hydrogen-bond donors (Lipinski definition) is 1. The Morgan fingerprint density at radius 1 is 1.00 bits per heavy atom. The Balaban J connectivity index is 1.69. The number of benzene rings is 3. The fourth-order valence-corrected chi connectivity index (χ4v) is 3.43. The van der Waals surface area contributed by atoms with Gasteiger partial charge in [-0.2, -0.15) is 5.10 Å². The Hall–Kier alpha value is -3.78. The fraction of sp³-hybridized carbons (Fsp3) is 0.231. The number of rotatable bonds is 11. The van der Waals surface area contributed by atoms with Gasteiger partial charge in [-0.15, -0.1) is 0 Å². The topological polar surface area (TPSA) is 78.4 Å². The van der Waals surface area contributed by atoms with Crippen LogP contribution in [0.25, 0.3) is 0 Å². The van der Waals surface area contributed by atoms with Gasteiger partial charge in [-0.3, -0.25) is 4.79 Å². The summed E-state index contributed by atoms with van der Waals surface area (Å²) in [6.45, 7) is 4.76. The first kappa shape index (κ1) is 25.8. The minimum atomic E-state index is -0.418. The van der Waals surface area contributed by atoms with Gasteiger partial charge in [-0.1, -0.05) is 23.7 Å². The van der Waals surface area contributed by atoms with Crippen LogP contribution in [0, 0.1) is 5.82 Å². The maximum absolute atomic E-state index is 13.4. The van der Waals surface area contributed by atoms with Gasteiger partial charge in [0.15, 0.2) is 23.0 Å². The minimum absolute atomic E-state index is 0.114. The van der Waals surface area contributed by atoms with Crippen molar-refractivity contribution in [2.24, 2.45) is 5.10 Å². The van der Waals surface area contributed by atoms with E-state index in [1.54, 1.807) is 42.5 Å². The Labute approximate surface area is 208 Å². The van der Waals surface area contributed by atoms with Gasteiger partial charge in [-0.25, -0.2) is 9.82 Å². The summed E-state index contributed by atoms with van der Waals surface area (Å²) in [6.07, 6.45) is 1.43. The number of carbonyl (C=O) groups excluding carboxylic acids is 1. The number of amides is 1. The summed E-state index contributed by atoms with van der Waals surface area (Å²) in [5.74, 6) is 0.967. The zero-order valence-electron chi connectivity index (χ0n) is 19.6. The van der Waals surface area contributed by atoms with Crippen molar-refractivity contribution >= 4 is 23.7 Å². The van der Waals surface area contributed by atoms with Crippen molar-refractivity contribution in [3.05, 3.63) is 82.1 Å². The molecule has 0 aliphatic rings. The van der Waals surface area contributed by atoms with Gasteiger partial charge >= 0.3 is 0 Å². The Morgan fingerprint density at radius 2 is 1.77 bits per heavy atom. The van der Waals surface area contributed by atoms with Crippen LogP contribution in [0.5, 0.6) is 23.0 Å². The van der Waals surface area contributed by atoms with Crippen molar-refractivity contribution < 1.29 is 28.1 Å². The molecule has 0 aromatic heterocycles. The molecule has 3 rings (SSSR count). The summed E-state index contributed by atoms with van der Waals surface area (Å²) in [4.78, 5) is 12.5. The summed E-state index contributed by atoms with van der Waals surface area (Å²) in [5, 5.41) is 4.29. The van der Waals surface area contributed by atoms with Crippen LogP contribution in [-0.4, -0.2) is 32.4 Å². The van der Waals surface area contributed by atoms with Crippen LogP contribution in [0.15, 0.2) is 59.7 Å². The number of carbonyl (C=O) groups is 1. The van der Waals surface area contributed by atoms with Crippen molar-refractivity contribution in [3.63, 3.8) is 0 Å². The lowest BCUT2D eigenvalue weighted by Crippen LogP contribution is -2.17. The van der Waals surface area contributed by atoms with E-state index in [0.29, 0.717) is 52.9 Å². The molecule has 1 amide bonds. The Kier molecular flexibility index (Phi) is 9.31. The number of ether oxygens (including phenoxy) is 4. The highest BCUT2D eigenvalue weighted by molar-refractivity contribution is 6.32. The van der Waals surface area contributed by atoms with Gasteiger partial charge in [-0.05, 0) is 67.4 Å². The van der Waals surface area contributed by atoms with E-state index in [4.69, 9.17) is 30.5 Å². The smallest absolute Gasteiger partial charge is 0.271 e. The van der Waals surface area contributed by atoms with Crippen LogP contribution < -0.4 is 24.4 Å². The first-order valence-corrected chi connectivity index (χ1v) is 11.3. The highest BCUT2D eigenvalue weighted by Crippen LogP contribution is 2.36. The zero-order chi connectivity index (χ0) is 25.2. The second kappa shape index (κ2) is 12.6. The van der Waals surface area contributed by atoms with Gasteiger partial charge in [0.05, 0.1) is 31.6 Å². The zero-order valence-corrected chi connectivity index (χ0v) is 20.4. The molecule has 0 unspecified atom stereocenters. The number of nitrogens with one attached hydrogen (secondary N) is 1. The van der Waals surface area contributed by atoms with Gasteiger partial charge in [0.1, 0.15) is 12.4 Å². The molecule has 0 heterocycles. The molecule has 0 atom stereocenters. The minimum Gasteiger partial charge on any atom is -0.493 e. The summed E-state index contributed by atoms with van der Waals surface area (Å²) < 4.78 is 35.6. The monoisotopic (exact) mass is 500 g/mol. The van der Waals surface area contributed by atoms with Crippen LogP contribution in [0.2, 0.25) is 5.02 Å².